The number of carboxylic acids is 1. The van der Waals surface area contributed by atoms with E-state index in [1.165, 1.54) is 4.90 Å². The summed E-state index contributed by atoms with van der Waals surface area (Å²) in [4.78, 5) is 122. The zero-order valence-corrected chi connectivity index (χ0v) is 35.0. The van der Waals surface area contributed by atoms with Gasteiger partial charge in [-0.2, -0.15) is 0 Å². The van der Waals surface area contributed by atoms with Crippen LogP contribution in [0, 0.1) is 17.8 Å². The number of hydrogen-bond donors (Lipinski definition) is 11. The van der Waals surface area contributed by atoms with Crippen LogP contribution in [-0.4, -0.2) is 132 Å². The first-order valence-electron chi connectivity index (χ1n) is 19.9. The lowest BCUT2D eigenvalue weighted by molar-refractivity contribution is -0.143. The van der Waals surface area contributed by atoms with Gasteiger partial charge in [0.15, 0.2) is 5.96 Å². The molecule has 8 amide bonds. The van der Waals surface area contributed by atoms with Crippen LogP contribution in [0.2, 0.25) is 0 Å². The van der Waals surface area contributed by atoms with Gasteiger partial charge in [-0.1, -0.05) is 41.5 Å². The summed E-state index contributed by atoms with van der Waals surface area (Å²) in [6.45, 7) is 9.88. The molecule has 15 N–H and O–H groups in total. The van der Waals surface area contributed by atoms with Gasteiger partial charge in [0.2, 0.25) is 47.3 Å². The number of carbonyl (C=O) groups is 9. The number of likely N-dealkylation sites (tertiary alicyclic amines) is 1. The normalized spacial score (nSPS) is 16.2. The molecule has 22 heteroatoms. The Kier molecular flexibility index (Phi) is 22.5. The summed E-state index contributed by atoms with van der Waals surface area (Å²) in [5.74, 6) is -7.78. The first-order valence-corrected chi connectivity index (χ1v) is 19.9. The van der Waals surface area contributed by atoms with Gasteiger partial charge in [-0.05, 0) is 62.7 Å². The van der Waals surface area contributed by atoms with E-state index >= 15 is 0 Å². The molecule has 22 nitrogen and oxygen atoms in total. The minimum atomic E-state index is -1.34. The Hall–Kier alpha value is -5.54. The fourth-order valence-electron chi connectivity index (χ4n) is 6.35. The molecule has 6 atom stereocenters. The number of rotatable bonds is 26. The van der Waals surface area contributed by atoms with Crippen molar-refractivity contribution in [1.82, 2.24) is 36.8 Å². The number of guanidine groups is 1. The molecule has 0 aromatic carbocycles. The standard InChI is InChI=1S/C37H66N12O10/c1-19(2)15-24(46-31(54)22(44-28(51)17-38)9-7-13-42-37(40)41)32(55)47-25(16-20(3)4)33(56)48-30(21(5)6)35(58)45-23(11-12-27(39)50)36(59)49-14-8-10-26(49)34(57)43-18-29(52)53/h19-26,30H,7-18,38H2,1-6H3,(H2,39,50)(H,43,57)(H,44,51)(H,45,58)(H,46,54)(H,47,55)(H,48,56)(H,52,53)(H4,40,41,42)/t22-,23-,24-,25-,26-,30-/m0/s1. The van der Waals surface area contributed by atoms with Crippen LogP contribution in [0.3, 0.4) is 0 Å². The Morgan fingerprint density at radius 2 is 1.27 bits per heavy atom. The number of nitrogens with zero attached hydrogens (tertiary/aromatic N) is 2. The number of amides is 8. The molecule has 334 valence electrons. The van der Waals surface area contributed by atoms with Crippen LogP contribution in [0.15, 0.2) is 4.99 Å². The number of carboxylic acid groups (broad SMARTS) is 1. The molecule has 1 rings (SSSR count). The summed E-state index contributed by atoms with van der Waals surface area (Å²) < 4.78 is 0. The second-order valence-electron chi connectivity index (χ2n) is 15.8. The average Bonchev–Trinajstić information content (AvgIpc) is 3.64. The lowest BCUT2D eigenvalue weighted by Gasteiger charge is -2.31. The maximum absolute atomic E-state index is 13.9. The second-order valence-corrected chi connectivity index (χ2v) is 15.8. The molecule has 0 spiro atoms. The monoisotopic (exact) mass is 839 g/mol. The van der Waals surface area contributed by atoms with E-state index in [2.05, 4.69) is 36.9 Å². The predicted octanol–water partition coefficient (Wildman–Crippen LogP) is -3.37. The van der Waals surface area contributed by atoms with Crippen LogP contribution in [0.4, 0.5) is 0 Å². The van der Waals surface area contributed by atoms with Gasteiger partial charge in [0.05, 0.1) is 6.54 Å². The van der Waals surface area contributed by atoms with Gasteiger partial charge in [0.25, 0.3) is 0 Å². The summed E-state index contributed by atoms with van der Waals surface area (Å²) in [5, 5.41) is 24.5. The fraction of sp³-hybridized carbons (Fsp3) is 0.730. The minimum absolute atomic E-state index is 0.100. The fourth-order valence-corrected chi connectivity index (χ4v) is 6.35. The Bertz CT molecular complexity index is 1520. The van der Waals surface area contributed by atoms with Gasteiger partial charge in [-0.3, -0.25) is 48.1 Å². The topological polar surface area (TPSA) is 366 Å². The van der Waals surface area contributed by atoms with Crippen LogP contribution >= 0.6 is 0 Å². The van der Waals surface area contributed by atoms with Crippen molar-refractivity contribution in [2.24, 2.45) is 45.7 Å². The largest absolute Gasteiger partial charge is 0.480 e. The zero-order chi connectivity index (χ0) is 45.0. The van der Waals surface area contributed by atoms with Crippen molar-refractivity contribution in [3.05, 3.63) is 0 Å². The molecule has 0 aliphatic carbocycles. The molecule has 1 aliphatic rings. The first kappa shape index (κ1) is 51.5. The highest BCUT2D eigenvalue weighted by Crippen LogP contribution is 2.20. The number of nitrogens with two attached hydrogens (primary N) is 4. The third-order valence-electron chi connectivity index (χ3n) is 9.26. The second kappa shape index (κ2) is 25.7. The third kappa shape index (κ3) is 19.2. The summed E-state index contributed by atoms with van der Waals surface area (Å²) in [6.07, 6.45) is 0.881. The van der Waals surface area contributed by atoms with Crippen LogP contribution in [0.5, 0.6) is 0 Å². The van der Waals surface area contributed by atoms with Gasteiger partial charge >= 0.3 is 5.97 Å². The number of aliphatic imine (C=N–C) groups is 1. The smallest absolute Gasteiger partial charge is 0.322 e. The maximum atomic E-state index is 13.9. The van der Waals surface area contributed by atoms with E-state index in [4.69, 9.17) is 28.0 Å². The van der Waals surface area contributed by atoms with Crippen molar-refractivity contribution in [3.8, 4) is 0 Å². The summed E-state index contributed by atoms with van der Waals surface area (Å²) in [7, 11) is 0. The lowest BCUT2D eigenvalue weighted by atomic mass is 9.98. The molecule has 1 heterocycles. The molecule has 0 saturated carbocycles. The van der Waals surface area contributed by atoms with Crippen molar-refractivity contribution < 1.29 is 48.3 Å². The highest BCUT2D eigenvalue weighted by atomic mass is 16.4. The van der Waals surface area contributed by atoms with E-state index in [-0.39, 0.29) is 76.0 Å². The molecular formula is C37H66N12O10. The van der Waals surface area contributed by atoms with Crippen molar-refractivity contribution in [1.29, 1.82) is 0 Å². The van der Waals surface area contributed by atoms with Crippen molar-refractivity contribution in [2.45, 2.75) is 129 Å². The Balaban J connectivity index is 3.30. The van der Waals surface area contributed by atoms with Crippen molar-refractivity contribution in [2.75, 3.05) is 26.2 Å². The molecule has 59 heavy (non-hydrogen) atoms. The van der Waals surface area contributed by atoms with Crippen molar-refractivity contribution in [3.63, 3.8) is 0 Å². The summed E-state index contributed by atoms with van der Waals surface area (Å²) in [6, 6.07) is -6.99. The third-order valence-corrected chi connectivity index (χ3v) is 9.26. The average molecular weight is 839 g/mol. The van der Waals surface area contributed by atoms with Gasteiger partial charge in [0, 0.05) is 19.5 Å². The Labute approximate surface area is 344 Å². The first-order chi connectivity index (χ1) is 27.6. The van der Waals surface area contributed by atoms with Gasteiger partial charge in [-0.15, -0.1) is 0 Å². The Morgan fingerprint density at radius 1 is 0.729 bits per heavy atom. The predicted molar refractivity (Wildman–Crippen MR) is 216 cm³/mol. The maximum Gasteiger partial charge on any atom is 0.322 e. The van der Waals surface area contributed by atoms with E-state index < -0.39 is 102 Å². The van der Waals surface area contributed by atoms with E-state index in [1.54, 1.807) is 13.8 Å². The van der Waals surface area contributed by atoms with E-state index in [1.807, 2.05) is 27.7 Å². The van der Waals surface area contributed by atoms with E-state index in [9.17, 15) is 43.2 Å². The minimum Gasteiger partial charge on any atom is -0.480 e. The zero-order valence-electron chi connectivity index (χ0n) is 35.0. The highest BCUT2D eigenvalue weighted by Gasteiger charge is 2.39. The molecule has 0 radical (unpaired) electrons. The number of hydrogen-bond acceptors (Lipinski definition) is 11. The summed E-state index contributed by atoms with van der Waals surface area (Å²) >= 11 is 0. The van der Waals surface area contributed by atoms with Crippen LogP contribution < -0.4 is 54.8 Å². The van der Waals surface area contributed by atoms with Gasteiger partial charge in [-0.25, -0.2) is 0 Å². The van der Waals surface area contributed by atoms with Crippen LogP contribution in [0.25, 0.3) is 0 Å². The molecule has 0 bridgehead atoms. The van der Waals surface area contributed by atoms with E-state index in [0.29, 0.717) is 12.8 Å². The quantitative estimate of drug-likeness (QED) is 0.0231. The molecule has 1 saturated heterocycles. The molecule has 1 aliphatic heterocycles. The Morgan fingerprint density at radius 3 is 1.76 bits per heavy atom. The van der Waals surface area contributed by atoms with Gasteiger partial charge in [0.1, 0.15) is 42.8 Å². The number of nitrogens with one attached hydrogen (secondary N) is 6. The molecule has 0 unspecified atom stereocenters. The molecule has 1 fully saturated rings. The van der Waals surface area contributed by atoms with Crippen LogP contribution in [0.1, 0.15) is 92.9 Å². The molecule has 0 aromatic heterocycles. The number of aliphatic carboxylic acids is 1. The van der Waals surface area contributed by atoms with Crippen molar-refractivity contribution >= 4 is 59.2 Å². The summed E-state index contributed by atoms with van der Waals surface area (Å²) in [5.41, 5.74) is 21.6. The van der Waals surface area contributed by atoms with Crippen LogP contribution in [-0.2, 0) is 43.2 Å². The SMILES string of the molecule is CC(C)C[C@H](NC(=O)[C@H](CCCN=C(N)N)NC(=O)CN)C(=O)N[C@@H](CC(C)C)C(=O)N[C@H](C(=O)N[C@@H](CCC(N)=O)C(=O)N1CCC[C@H]1C(=O)NCC(=O)O)C(C)C. The molecule has 0 aromatic rings. The molecular weight excluding hydrogens is 772 g/mol. The number of primary amides is 1. The van der Waals surface area contributed by atoms with E-state index in [0.717, 1.165) is 0 Å². The highest BCUT2D eigenvalue weighted by molar-refractivity contribution is 5.97. The lowest BCUT2D eigenvalue weighted by Crippen LogP contribution is -2.61. The number of carbonyl (C=O) groups excluding carboxylic acids is 8. The van der Waals surface area contributed by atoms with Gasteiger partial charge < -0.3 is 64.8 Å².